The summed E-state index contributed by atoms with van der Waals surface area (Å²) in [6.07, 6.45) is 2.23. The molecule has 1 saturated heterocycles. The van der Waals surface area contributed by atoms with Crippen molar-refractivity contribution in [2.45, 2.75) is 29.7 Å². The molecule has 0 amide bonds. The van der Waals surface area contributed by atoms with E-state index < -0.39 is 0 Å². The lowest BCUT2D eigenvalue weighted by atomic mass is 10.1. The SMILES string of the molecule is CCCc1ccc(-c2nc(Sc3ccc(Br)cc3)cc(N3CCN(CCO)CC3)n2)cc1. The highest BCUT2D eigenvalue weighted by Crippen LogP contribution is 2.31. The molecule has 168 valence electrons. The number of rotatable bonds is 8. The molecule has 0 spiro atoms. The minimum absolute atomic E-state index is 0.208. The van der Waals surface area contributed by atoms with Gasteiger partial charge in [0.2, 0.25) is 0 Å². The van der Waals surface area contributed by atoms with Crippen LogP contribution in [-0.4, -0.2) is 59.3 Å². The number of aliphatic hydroxyl groups excluding tert-OH is 1. The number of benzene rings is 2. The van der Waals surface area contributed by atoms with Crippen molar-refractivity contribution in [1.29, 1.82) is 0 Å². The lowest BCUT2D eigenvalue weighted by molar-refractivity contribution is 0.188. The van der Waals surface area contributed by atoms with Gasteiger partial charge in [-0.1, -0.05) is 65.3 Å². The fraction of sp³-hybridized carbons (Fsp3) is 0.360. The summed E-state index contributed by atoms with van der Waals surface area (Å²) in [5.41, 5.74) is 2.39. The van der Waals surface area contributed by atoms with Gasteiger partial charge in [0, 0.05) is 53.7 Å². The van der Waals surface area contributed by atoms with E-state index in [-0.39, 0.29) is 6.61 Å². The van der Waals surface area contributed by atoms with Crippen LogP contribution in [0.2, 0.25) is 0 Å². The molecule has 0 saturated carbocycles. The van der Waals surface area contributed by atoms with Crippen molar-refractivity contribution in [3.63, 3.8) is 0 Å². The number of halogens is 1. The van der Waals surface area contributed by atoms with E-state index in [4.69, 9.17) is 9.97 Å². The highest BCUT2D eigenvalue weighted by Gasteiger charge is 2.19. The van der Waals surface area contributed by atoms with Gasteiger partial charge in [0.05, 0.1) is 6.61 Å². The fourth-order valence-electron chi connectivity index (χ4n) is 3.83. The van der Waals surface area contributed by atoms with E-state index in [1.165, 1.54) is 5.56 Å². The highest BCUT2D eigenvalue weighted by atomic mass is 79.9. The van der Waals surface area contributed by atoms with Crippen LogP contribution in [0.3, 0.4) is 0 Å². The third-order valence-electron chi connectivity index (χ3n) is 5.59. The molecular formula is C25H29BrN4OS. The number of nitrogens with zero attached hydrogens (tertiary/aromatic N) is 4. The number of aryl methyl sites for hydroxylation is 1. The minimum atomic E-state index is 0.208. The molecule has 1 fully saturated rings. The Bertz CT molecular complexity index is 1010. The van der Waals surface area contributed by atoms with Crippen LogP contribution in [0.4, 0.5) is 5.82 Å². The molecule has 0 bridgehead atoms. The molecule has 0 atom stereocenters. The molecule has 1 aromatic heterocycles. The first-order valence-corrected chi connectivity index (χ1v) is 12.8. The summed E-state index contributed by atoms with van der Waals surface area (Å²) in [7, 11) is 0. The summed E-state index contributed by atoms with van der Waals surface area (Å²) >= 11 is 5.17. The van der Waals surface area contributed by atoms with Gasteiger partial charge in [0.15, 0.2) is 5.82 Å². The molecule has 2 heterocycles. The lowest BCUT2D eigenvalue weighted by Gasteiger charge is -2.35. The summed E-state index contributed by atoms with van der Waals surface area (Å²) in [6.45, 7) is 6.80. The molecule has 1 aliphatic rings. The van der Waals surface area contributed by atoms with Crippen molar-refractivity contribution < 1.29 is 5.11 Å². The van der Waals surface area contributed by atoms with Crippen LogP contribution in [-0.2, 0) is 6.42 Å². The fourth-order valence-corrected chi connectivity index (χ4v) is 4.91. The second-order valence-electron chi connectivity index (χ2n) is 7.94. The first kappa shape index (κ1) is 23.2. The van der Waals surface area contributed by atoms with Crippen molar-refractivity contribution in [2.75, 3.05) is 44.2 Å². The van der Waals surface area contributed by atoms with Crippen molar-refractivity contribution >= 4 is 33.5 Å². The third-order valence-corrected chi connectivity index (χ3v) is 7.04. The Labute approximate surface area is 203 Å². The van der Waals surface area contributed by atoms with Crippen LogP contribution in [0, 0.1) is 0 Å². The van der Waals surface area contributed by atoms with Gasteiger partial charge in [-0.15, -0.1) is 0 Å². The number of aromatic nitrogens is 2. The van der Waals surface area contributed by atoms with Gasteiger partial charge >= 0.3 is 0 Å². The van der Waals surface area contributed by atoms with Gasteiger partial charge in [-0.3, -0.25) is 4.90 Å². The van der Waals surface area contributed by atoms with E-state index in [2.05, 4.69) is 87.3 Å². The largest absolute Gasteiger partial charge is 0.395 e. The zero-order valence-electron chi connectivity index (χ0n) is 18.4. The molecule has 3 aromatic rings. The average Bonchev–Trinajstić information content (AvgIpc) is 2.82. The third kappa shape index (κ3) is 6.10. The first-order valence-electron chi connectivity index (χ1n) is 11.1. The van der Waals surface area contributed by atoms with Crippen LogP contribution in [0.5, 0.6) is 0 Å². The number of β-amino-alcohol motifs (C(OH)–C–C–N with tert-alkyl or cyclic N) is 1. The van der Waals surface area contributed by atoms with Crippen molar-refractivity contribution in [2.24, 2.45) is 0 Å². The lowest BCUT2D eigenvalue weighted by Crippen LogP contribution is -2.47. The summed E-state index contributed by atoms with van der Waals surface area (Å²) in [4.78, 5) is 15.6. The monoisotopic (exact) mass is 512 g/mol. The van der Waals surface area contributed by atoms with Gasteiger partial charge in [-0.05, 0) is 36.2 Å². The highest BCUT2D eigenvalue weighted by molar-refractivity contribution is 9.10. The molecular weight excluding hydrogens is 484 g/mol. The molecule has 0 unspecified atom stereocenters. The maximum atomic E-state index is 9.23. The van der Waals surface area contributed by atoms with Crippen LogP contribution < -0.4 is 4.90 Å². The van der Waals surface area contributed by atoms with Gasteiger partial charge < -0.3 is 10.0 Å². The molecule has 0 aliphatic carbocycles. The van der Waals surface area contributed by atoms with Crippen LogP contribution in [0.25, 0.3) is 11.4 Å². The predicted octanol–water partition coefficient (Wildman–Crippen LogP) is 5.12. The summed E-state index contributed by atoms with van der Waals surface area (Å²) < 4.78 is 1.07. The number of anilines is 1. The smallest absolute Gasteiger partial charge is 0.162 e. The Morgan fingerprint density at radius 3 is 2.34 bits per heavy atom. The van der Waals surface area contributed by atoms with E-state index in [1.807, 2.05) is 0 Å². The van der Waals surface area contributed by atoms with E-state index in [1.54, 1.807) is 11.8 Å². The van der Waals surface area contributed by atoms with Crippen molar-refractivity contribution in [3.05, 3.63) is 64.6 Å². The molecule has 1 N–H and O–H groups in total. The molecule has 4 rings (SSSR count). The Morgan fingerprint density at radius 2 is 1.69 bits per heavy atom. The van der Waals surface area contributed by atoms with Gasteiger partial charge in [0.25, 0.3) is 0 Å². The Hall–Kier alpha value is -1.93. The zero-order chi connectivity index (χ0) is 22.3. The van der Waals surface area contributed by atoms with Crippen LogP contribution >= 0.6 is 27.7 Å². The van der Waals surface area contributed by atoms with E-state index in [0.717, 1.165) is 77.2 Å². The van der Waals surface area contributed by atoms with Gasteiger partial charge in [-0.25, -0.2) is 9.97 Å². The average molecular weight is 514 g/mol. The second kappa shape index (κ2) is 11.3. The van der Waals surface area contributed by atoms with E-state index >= 15 is 0 Å². The molecule has 32 heavy (non-hydrogen) atoms. The molecule has 2 aromatic carbocycles. The topological polar surface area (TPSA) is 52.5 Å². The Balaban J connectivity index is 1.62. The van der Waals surface area contributed by atoms with Crippen LogP contribution in [0.15, 0.2) is 69.0 Å². The summed E-state index contributed by atoms with van der Waals surface area (Å²) in [5.74, 6) is 1.74. The van der Waals surface area contributed by atoms with Crippen LogP contribution in [0.1, 0.15) is 18.9 Å². The van der Waals surface area contributed by atoms with E-state index in [0.29, 0.717) is 0 Å². The minimum Gasteiger partial charge on any atom is -0.395 e. The first-order chi connectivity index (χ1) is 15.6. The molecule has 7 heteroatoms. The zero-order valence-corrected chi connectivity index (χ0v) is 20.8. The van der Waals surface area contributed by atoms with E-state index in [9.17, 15) is 5.11 Å². The summed E-state index contributed by atoms with van der Waals surface area (Å²) in [6, 6.07) is 19.1. The number of aliphatic hydroxyl groups is 1. The molecule has 5 nitrogen and oxygen atoms in total. The maximum Gasteiger partial charge on any atom is 0.162 e. The number of hydrogen-bond donors (Lipinski definition) is 1. The number of piperazine rings is 1. The standard InChI is InChI=1S/C25H29BrN4OS/c1-2-3-19-4-6-20(7-5-19)25-27-23(30-14-12-29(13-15-30)16-17-31)18-24(28-25)32-22-10-8-21(26)9-11-22/h4-11,18,31H,2-3,12-17H2,1H3. The normalized spacial score (nSPS) is 14.7. The van der Waals surface area contributed by atoms with Crippen molar-refractivity contribution in [3.8, 4) is 11.4 Å². The Kier molecular flexibility index (Phi) is 8.19. The predicted molar refractivity (Wildman–Crippen MR) is 135 cm³/mol. The number of hydrogen-bond acceptors (Lipinski definition) is 6. The quantitative estimate of drug-likeness (QED) is 0.422. The molecule has 0 radical (unpaired) electrons. The Morgan fingerprint density at radius 1 is 0.969 bits per heavy atom. The van der Waals surface area contributed by atoms with Gasteiger partial charge in [-0.2, -0.15) is 0 Å². The van der Waals surface area contributed by atoms with Crippen molar-refractivity contribution in [1.82, 2.24) is 14.9 Å². The second-order valence-corrected chi connectivity index (χ2v) is 9.95. The van der Waals surface area contributed by atoms with Gasteiger partial charge in [0.1, 0.15) is 10.8 Å². The molecule has 1 aliphatic heterocycles. The maximum absolute atomic E-state index is 9.23. The summed E-state index contributed by atoms with van der Waals surface area (Å²) in [5, 5.41) is 10.2.